The molecule has 3 aliphatic carbocycles. The zero-order valence-corrected chi connectivity index (χ0v) is 29.3. The number of aryl methyl sites for hydroxylation is 1. The number of benzene rings is 2. The molecule has 7 rings (SSSR count). The van der Waals surface area contributed by atoms with Crippen molar-refractivity contribution in [2.45, 2.75) is 75.4 Å². The molecule has 3 amide bonds. The summed E-state index contributed by atoms with van der Waals surface area (Å²) < 4.78 is 60.2. The highest BCUT2D eigenvalue weighted by molar-refractivity contribution is 7.92. The van der Waals surface area contributed by atoms with Gasteiger partial charge in [-0.05, 0) is 97.7 Å². The number of fused-ring (bicyclic) bond motifs is 4. The standard InChI is InChI=1S/C36H43ClF2N4O5S/c1-22-5-3-7-30(47-2)27-11-8-25(27)18-43-20-35(14-4-6-23-15-26(37)10-12-28(23)35)21-48-31-13-9-24(16-29(31)43)33(44)41-49(46,19-22)42-34(45)40-32-17-36(32,38)39/h3,7,9-10,12-13,15-16,22,25,27,30,32H,4-6,8,11,14,17-21H2,1-2H3,(H2,40,41,42,44,45,46)/b7-3+/t22-,25-,27+,30-,32+,35-,49-/m0/s1. The van der Waals surface area contributed by atoms with Crippen LogP contribution in [0.4, 0.5) is 19.3 Å². The number of ether oxygens (including phenoxy) is 2. The molecule has 2 aromatic carbocycles. The first kappa shape index (κ1) is 34.2. The molecular weight excluding hydrogens is 674 g/mol. The lowest BCUT2D eigenvalue weighted by Gasteiger charge is -2.46. The third-order valence-electron chi connectivity index (χ3n) is 10.9. The number of amides is 3. The van der Waals surface area contributed by atoms with Crippen LogP contribution in [0.25, 0.3) is 0 Å². The van der Waals surface area contributed by atoms with E-state index in [2.05, 4.69) is 37.5 Å². The van der Waals surface area contributed by atoms with Gasteiger partial charge in [-0.15, -0.1) is 4.36 Å². The molecule has 2 heterocycles. The Labute approximate surface area is 291 Å². The van der Waals surface area contributed by atoms with Crippen LogP contribution in [-0.4, -0.2) is 66.8 Å². The number of nitrogens with one attached hydrogen (secondary N) is 2. The summed E-state index contributed by atoms with van der Waals surface area (Å²) in [7, 11) is -1.98. The van der Waals surface area contributed by atoms with E-state index in [0.717, 1.165) is 44.3 Å². The van der Waals surface area contributed by atoms with Crippen LogP contribution in [0.3, 0.4) is 0 Å². The molecule has 5 aliphatic rings. The van der Waals surface area contributed by atoms with Gasteiger partial charge in [0.15, 0.2) is 0 Å². The highest BCUT2D eigenvalue weighted by Gasteiger charge is 2.58. The molecule has 49 heavy (non-hydrogen) atoms. The number of allylic oxidation sites excluding steroid dienone is 1. The lowest BCUT2D eigenvalue weighted by Crippen LogP contribution is -2.49. The van der Waals surface area contributed by atoms with E-state index in [4.69, 9.17) is 21.1 Å². The summed E-state index contributed by atoms with van der Waals surface area (Å²) in [6.07, 6.45) is 8.90. The van der Waals surface area contributed by atoms with Gasteiger partial charge >= 0.3 is 6.03 Å². The Morgan fingerprint density at radius 1 is 1.20 bits per heavy atom. The van der Waals surface area contributed by atoms with Crippen molar-refractivity contribution in [1.29, 1.82) is 0 Å². The average Bonchev–Trinajstić information content (AvgIpc) is 3.67. The lowest BCUT2D eigenvalue weighted by atomic mass is 9.68. The van der Waals surface area contributed by atoms with Crippen LogP contribution < -0.4 is 19.7 Å². The molecule has 7 atom stereocenters. The van der Waals surface area contributed by atoms with Gasteiger partial charge < -0.3 is 19.7 Å². The topological polar surface area (TPSA) is 109 Å². The zero-order chi connectivity index (χ0) is 34.6. The second-order valence-corrected chi connectivity index (χ2v) is 17.0. The van der Waals surface area contributed by atoms with Crippen LogP contribution in [0.5, 0.6) is 5.75 Å². The van der Waals surface area contributed by atoms with Crippen LogP contribution in [-0.2, 0) is 26.5 Å². The summed E-state index contributed by atoms with van der Waals surface area (Å²) in [5, 5.41) is 2.88. The zero-order valence-electron chi connectivity index (χ0n) is 27.8. The van der Waals surface area contributed by atoms with Crippen molar-refractivity contribution in [2.75, 3.05) is 37.5 Å². The first-order valence-corrected chi connectivity index (χ1v) is 19.2. The van der Waals surface area contributed by atoms with Crippen molar-refractivity contribution in [3.8, 4) is 5.75 Å². The fourth-order valence-corrected chi connectivity index (χ4v) is 10.1. The van der Waals surface area contributed by atoms with Gasteiger partial charge in [-0.25, -0.2) is 17.8 Å². The lowest BCUT2D eigenvalue weighted by molar-refractivity contribution is 0.0131. The Morgan fingerprint density at radius 3 is 2.76 bits per heavy atom. The molecule has 2 aliphatic heterocycles. The first-order chi connectivity index (χ1) is 23.4. The maximum absolute atomic E-state index is 14.2. The fourth-order valence-electron chi connectivity index (χ4n) is 8.07. The van der Waals surface area contributed by atoms with E-state index in [-0.39, 0.29) is 28.8 Å². The molecule has 0 saturated heterocycles. The van der Waals surface area contributed by atoms with E-state index < -0.39 is 40.2 Å². The molecule has 0 radical (unpaired) electrons. The van der Waals surface area contributed by atoms with Crippen molar-refractivity contribution >= 4 is 39.1 Å². The maximum atomic E-state index is 14.2. The van der Waals surface area contributed by atoms with E-state index in [1.165, 1.54) is 11.1 Å². The second-order valence-electron chi connectivity index (χ2n) is 14.6. The minimum atomic E-state index is -3.70. The van der Waals surface area contributed by atoms with Crippen LogP contribution in [0.1, 0.15) is 66.9 Å². The SMILES string of the molecule is CO[C@H]1/C=C/C[C@H](C)C[S@@](=O)(NC(=O)N[C@@H]2CC2(F)F)=NC(=O)c2ccc3c(c2)N(C[C@@H]2CC[C@H]21)C[C@@]1(CCCc2cc(Cl)ccc21)CO3. The number of carbonyl (C=O) groups is 2. The third kappa shape index (κ3) is 7.05. The first-order valence-electron chi connectivity index (χ1n) is 17.1. The Balaban J connectivity index is 1.28. The maximum Gasteiger partial charge on any atom is 0.327 e. The van der Waals surface area contributed by atoms with Gasteiger partial charge in [0.1, 0.15) is 21.7 Å². The monoisotopic (exact) mass is 716 g/mol. The predicted molar refractivity (Wildman–Crippen MR) is 185 cm³/mol. The van der Waals surface area contributed by atoms with Gasteiger partial charge in [-0.3, -0.25) is 9.52 Å². The second kappa shape index (κ2) is 13.2. The van der Waals surface area contributed by atoms with Crippen molar-refractivity contribution in [1.82, 2.24) is 10.0 Å². The number of halogens is 3. The van der Waals surface area contributed by atoms with Crippen molar-refractivity contribution in [2.24, 2.45) is 22.1 Å². The van der Waals surface area contributed by atoms with Crippen LogP contribution in [0.15, 0.2) is 52.9 Å². The molecule has 2 fully saturated rings. The van der Waals surface area contributed by atoms with Crippen LogP contribution in [0, 0.1) is 17.8 Å². The Bertz CT molecular complexity index is 1800. The number of hydrogen-bond acceptors (Lipinski definition) is 6. The number of rotatable bonds is 3. The van der Waals surface area contributed by atoms with Gasteiger partial charge in [-0.1, -0.05) is 36.7 Å². The summed E-state index contributed by atoms with van der Waals surface area (Å²) in [5.41, 5.74) is 3.12. The molecule has 9 nitrogen and oxygen atoms in total. The summed E-state index contributed by atoms with van der Waals surface area (Å²) in [4.78, 5) is 28.8. The van der Waals surface area contributed by atoms with Crippen molar-refractivity contribution in [3.63, 3.8) is 0 Å². The molecule has 2 bridgehead atoms. The fraction of sp³-hybridized carbons (Fsp3) is 0.556. The third-order valence-corrected chi connectivity index (χ3v) is 13.1. The minimum Gasteiger partial charge on any atom is -0.490 e. The highest BCUT2D eigenvalue weighted by atomic mass is 35.5. The van der Waals surface area contributed by atoms with E-state index in [1.54, 1.807) is 25.3 Å². The molecule has 2 N–H and O–H groups in total. The molecule has 0 aromatic heterocycles. The number of alkyl halides is 2. The molecule has 13 heteroatoms. The van der Waals surface area contributed by atoms with Crippen LogP contribution >= 0.6 is 11.6 Å². The molecule has 264 valence electrons. The van der Waals surface area contributed by atoms with E-state index in [9.17, 15) is 22.6 Å². The average molecular weight is 717 g/mol. The number of urea groups is 1. The number of nitrogens with zero attached hydrogens (tertiary/aromatic N) is 2. The molecule has 2 aromatic rings. The number of carbonyl (C=O) groups excluding carboxylic acids is 2. The van der Waals surface area contributed by atoms with E-state index >= 15 is 0 Å². The smallest absolute Gasteiger partial charge is 0.327 e. The van der Waals surface area contributed by atoms with Gasteiger partial charge in [0.25, 0.3) is 11.8 Å². The summed E-state index contributed by atoms with van der Waals surface area (Å²) in [6, 6.07) is 8.85. The summed E-state index contributed by atoms with van der Waals surface area (Å²) in [6.45, 7) is 3.71. The van der Waals surface area contributed by atoms with Gasteiger partial charge in [0, 0.05) is 42.6 Å². The number of methoxy groups -OCH3 is 1. The van der Waals surface area contributed by atoms with Crippen molar-refractivity contribution < 1.29 is 32.1 Å². The number of hydrogen-bond donors (Lipinski definition) is 2. The summed E-state index contributed by atoms with van der Waals surface area (Å²) in [5.74, 6) is -2.89. The molecule has 1 spiro atoms. The largest absolute Gasteiger partial charge is 0.490 e. The van der Waals surface area contributed by atoms with E-state index in [1.807, 2.05) is 19.1 Å². The molecule has 0 unspecified atom stereocenters. The molecular formula is C36H43ClF2N4O5S. The van der Waals surface area contributed by atoms with Gasteiger partial charge in [0.05, 0.1) is 24.2 Å². The number of anilines is 1. The van der Waals surface area contributed by atoms with Gasteiger partial charge in [-0.2, -0.15) is 0 Å². The van der Waals surface area contributed by atoms with Crippen molar-refractivity contribution in [3.05, 3.63) is 70.3 Å². The highest BCUT2D eigenvalue weighted by Crippen LogP contribution is 2.47. The Hall–Kier alpha value is -3.22. The normalized spacial score (nSPS) is 34.2. The Kier molecular flexibility index (Phi) is 9.19. The van der Waals surface area contributed by atoms with Gasteiger partial charge in [0.2, 0.25) is 0 Å². The quantitative estimate of drug-likeness (QED) is 0.343. The van der Waals surface area contributed by atoms with E-state index in [0.29, 0.717) is 42.2 Å². The summed E-state index contributed by atoms with van der Waals surface area (Å²) >= 11 is 6.42. The predicted octanol–water partition coefficient (Wildman–Crippen LogP) is 6.68. The van der Waals surface area contributed by atoms with Crippen LogP contribution in [0.2, 0.25) is 5.02 Å². The minimum absolute atomic E-state index is 0.112. The Morgan fingerprint density at radius 2 is 2.02 bits per heavy atom. The molecule has 2 saturated carbocycles.